The van der Waals surface area contributed by atoms with Gasteiger partial charge in [0.2, 0.25) is 5.91 Å². The van der Waals surface area contributed by atoms with E-state index in [0.29, 0.717) is 6.54 Å². The van der Waals surface area contributed by atoms with Crippen LogP contribution in [-0.2, 0) is 9.53 Å². The lowest BCUT2D eigenvalue weighted by Gasteiger charge is -2.27. The van der Waals surface area contributed by atoms with Crippen molar-refractivity contribution in [2.24, 2.45) is 5.92 Å². The van der Waals surface area contributed by atoms with E-state index < -0.39 is 12.1 Å². The van der Waals surface area contributed by atoms with Crippen LogP contribution in [0, 0.1) is 5.92 Å². The van der Waals surface area contributed by atoms with Crippen LogP contribution < -0.4 is 15.4 Å². The predicted molar refractivity (Wildman–Crippen MR) is 101 cm³/mol. The second kappa shape index (κ2) is 10.7. The van der Waals surface area contributed by atoms with Crippen molar-refractivity contribution < 1.29 is 19.1 Å². The van der Waals surface area contributed by atoms with E-state index in [1.165, 1.54) is 0 Å². The number of nitrogens with zero attached hydrogens (tertiary/aromatic N) is 1. The van der Waals surface area contributed by atoms with Crippen molar-refractivity contribution in [1.29, 1.82) is 0 Å². The number of benzene rings is 1. The van der Waals surface area contributed by atoms with Gasteiger partial charge in [-0.15, -0.1) is 0 Å². The average molecular weight is 365 g/mol. The van der Waals surface area contributed by atoms with Gasteiger partial charge < -0.3 is 25.0 Å². The number of rotatable bonds is 9. The number of ether oxygens (including phenoxy) is 2. The van der Waals surface area contributed by atoms with Gasteiger partial charge in [-0.05, 0) is 44.6 Å². The normalized spacial score (nSPS) is 13.2. The van der Waals surface area contributed by atoms with Crippen molar-refractivity contribution in [3.8, 4) is 5.75 Å². The van der Waals surface area contributed by atoms with Gasteiger partial charge >= 0.3 is 6.09 Å². The molecular weight excluding hydrogens is 334 g/mol. The summed E-state index contributed by atoms with van der Waals surface area (Å²) >= 11 is 0. The van der Waals surface area contributed by atoms with Crippen LogP contribution in [0.3, 0.4) is 0 Å². The first-order chi connectivity index (χ1) is 12.3. The van der Waals surface area contributed by atoms with Crippen LogP contribution >= 0.6 is 0 Å². The minimum atomic E-state index is -0.646. The third-order valence-corrected chi connectivity index (χ3v) is 4.09. The molecule has 0 aliphatic rings. The van der Waals surface area contributed by atoms with Gasteiger partial charge in [-0.25, -0.2) is 4.79 Å². The number of carbonyl (C=O) groups excluding carboxylic acids is 2. The van der Waals surface area contributed by atoms with Crippen LogP contribution in [0.1, 0.15) is 32.4 Å². The van der Waals surface area contributed by atoms with Crippen LogP contribution in [0.2, 0.25) is 0 Å². The van der Waals surface area contributed by atoms with Gasteiger partial charge in [-0.3, -0.25) is 4.79 Å². The van der Waals surface area contributed by atoms with Gasteiger partial charge in [0.1, 0.15) is 11.8 Å². The zero-order chi connectivity index (χ0) is 19.7. The highest BCUT2D eigenvalue weighted by Crippen LogP contribution is 2.20. The number of methoxy groups -OCH3 is 1. The lowest BCUT2D eigenvalue weighted by atomic mass is 10.0. The molecule has 0 saturated heterocycles. The van der Waals surface area contributed by atoms with E-state index >= 15 is 0 Å². The highest BCUT2D eigenvalue weighted by Gasteiger charge is 2.26. The number of likely N-dealkylation sites (N-methyl/N-ethyl adjacent to an activating group) is 1. The Morgan fingerprint density at radius 3 is 2.23 bits per heavy atom. The first-order valence-electron chi connectivity index (χ1n) is 8.81. The number of nitrogens with one attached hydrogen (secondary N) is 2. The molecule has 1 aromatic carbocycles. The predicted octanol–water partition coefficient (Wildman–Crippen LogP) is 2.18. The first-order valence-corrected chi connectivity index (χ1v) is 8.81. The molecule has 2 unspecified atom stereocenters. The summed E-state index contributed by atoms with van der Waals surface area (Å²) in [4.78, 5) is 26.3. The summed E-state index contributed by atoms with van der Waals surface area (Å²) in [5, 5.41) is 5.56. The zero-order valence-electron chi connectivity index (χ0n) is 16.5. The third kappa shape index (κ3) is 6.55. The highest BCUT2D eigenvalue weighted by molar-refractivity contribution is 5.85. The fourth-order valence-corrected chi connectivity index (χ4v) is 2.57. The Bertz CT molecular complexity index is 573. The summed E-state index contributed by atoms with van der Waals surface area (Å²) in [7, 11) is 5.54. The maximum atomic E-state index is 12.6. The van der Waals surface area contributed by atoms with Crippen LogP contribution in [0.4, 0.5) is 4.79 Å². The number of carbonyl (C=O) groups is 2. The Kier molecular flexibility index (Phi) is 8.92. The second-order valence-electron chi connectivity index (χ2n) is 6.58. The van der Waals surface area contributed by atoms with Crippen molar-refractivity contribution in [3.63, 3.8) is 0 Å². The van der Waals surface area contributed by atoms with Crippen molar-refractivity contribution >= 4 is 12.0 Å². The standard InChI is InChI=1S/C19H31N3O4/c1-7-26-19(24)21-17(13(2)3)18(23)20-12-16(22(4)5)14-8-10-15(25-6)11-9-14/h8-11,13,16-17H,7,12H2,1-6H3,(H,20,23)(H,21,24). The monoisotopic (exact) mass is 365 g/mol. The van der Waals surface area contributed by atoms with E-state index in [1.54, 1.807) is 14.0 Å². The van der Waals surface area contributed by atoms with Crippen molar-refractivity contribution in [3.05, 3.63) is 29.8 Å². The molecule has 0 aliphatic heterocycles. The zero-order valence-corrected chi connectivity index (χ0v) is 16.5. The van der Waals surface area contributed by atoms with Crippen molar-refractivity contribution in [1.82, 2.24) is 15.5 Å². The Morgan fingerprint density at radius 1 is 1.15 bits per heavy atom. The van der Waals surface area contributed by atoms with E-state index in [2.05, 4.69) is 10.6 Å². The fourth-order valence-electron chi connectivity index (χ4n) is 2.57. The molecule has 146 valence electrons. The van der Waals surface area contributed by atoms with Gasteiger partial charge in [0.15, 0.2) is 0 Å². The number of amides is 2. The molecule has 0 saturated carbocycles. The summed E-state index contributed by atoms with van der Waals surface area (Å²) in [6.45, 7) is 6.16. The first kappa shape index (κ1) is 21.8. The van der Waals surface area contributed by atoms with E-state index in [1.807, 2.05) is 57.1 Å². The van der Waals surface area contributed by atoms with E-state index in [9.17, 15) is 9.59 Å². The van der Waals surface area contributed by atoms with Gasteiger partial charge in [0, 0.05) is 6.54 Å². The average Bonchev–Trinajstić information content (AvgIpc) is 2.60. The third-order valence-electron chi connectivity index (χ3n) is 4.09. The summed E-state index contributed by atoms with van der Waals surface area (Å²) in [5.41, 5.74) is 1.07. The molecule has 1 rings (SSSR count). The fraction of sp³-hybridized carbons (Fsp3) is 0.579. The van der Waals surface area contributed by atoms with Crippen molar-refractivity contribution in [2.45, 2.75) is 32.9 Å². The lowest BCUT2D eigenvalue weighted by Crippen LogP contribution is -2.51. The molecule has 2 N–H and O–H groups in total. The smallest absolute Gasteiger partial charge is 0.407 e. The molecule has 0 bridgehead atoms. The van der Waals surface area contributed by atoms with Gasteiger partial charge in [-0.2, -0.15) is 0 Å². The highest BCUT2D eigenvalue weighted by atomic mass is 16.5. The maximum Gasteiger partial charge on any atom is 0.407 e. The molecule has 0 fully saturated rings. The molecular formula is C19H31N3O4. The minimum Gasteiger partial charge on any atom is -0.497 e. The Morgan fingerprint density at radius 2 is 1.77 bits per heavy atom. The van der Waals surface area contributed by atoms with Crippen LogP contribution in [-0.4, -0.2) is 57.3 Å². The summed E-state index contributed by atoms with van der Waals surface area (Å²) in [5.74, 6) is 0.500. The quantitative estimate of drug-likeness (QED) is 0.701. The molecule has 2 amide bonds. The van der Waals surface area contributed by atoms with E-state index in [4.69, 9.17) is 9.47 Å². The summed E-state index contributed by atoms with van der Waals surface area (Å²) in [6, 6.07) is 7.10. The lowest BCUT2D eigenvalue weighted by molar-refractivity contribution is -0.124. The molecule has 0 aliphatic carbocycles. The summed E-state index contributed by atoms with van der Waals surface area (Å²) < 4.78 is 10.1. The minimum absolute atomic E-state index is 0.000242. The molecule has 26 heavy (non-hydrogen) atoms. The number of hydrogen-bond acceptors (Lipinski definition) is 5. The molecule has 0 heterocycles. The van der Waals surface area contributed by atoms with Crippen molar-refractivity contribution in [2.75, 3.05) is 34.4 Å². The van der Waals surface area contributed by atoms with Gasteiger partial charge in [0.05, 0.1) is 19.8 Å². The molecule has 0 radical (unpaired) electrons. The maximum absolute atomic E-state index is 12.6. The Balaban J connectivity index is 2.76. The van der Waals surface area contributed by atoms with Crippen LogP contribution in [0.5, 0.6) is 5.75 Å². The molecule has 7 nitrogen and oxygen atoms in total. The van der Waals surface area contributed by atoms with Gasteiger partial charge in [-0.1, -0.05) is 26.0 Å². The molecule has 7 heteroatoms. The number of hydrogen-bond donors (Lipinski definition) is 2. The Labute approximate surface area is 156 Å². The molecule has 0 aromatic heterocycles. The van der Waals surface area contributed by atoms with Gasteiger partial charge in [0.25, 0.3) is 0 Å². The number of alkyl carbamates (subject to hydrolysis) is 1. The van der Waals surface area contributed by atoms with Crippen LogP contribution in [0.25, 0.3) is 0 Å². The molecule has 0 spiro atoms. The van der Waals surface area contributed by atoms with Crippen LogP contribution in [0.15, 0.2) is 24.3 Å². The second-order valence-corrected chi connectivity index (χ2v) is 6.58. The summed E-state index contributed by atoms with van der Waals surface area (Å²) in [6.07, 6.45) is -0.583. The van der Waals surface area contributed by atoms with E-state index in [-0.39, 0.29) is 24.5 Å². The molecule has 2 atom stereocenters. The molecule has 1 aromatic rings. The Hall–Kier alpha value is -2.28. The SMILES string of the molecule is CCOC(=O)NC(C(=O)NCC(c1ccc(OC)cc1)N(C)C)C(C)C. The topological polar surface area (TPSA) is 79.9 Å². The van der Waals surface area contributed by atoms with E-state index in [0.717, 1.165) is 11.3 Å². The largest absolute Gasteiger partial charge is 0.497 e.